The third-order valence-electron chi connectivity index (χ3n) is 3.61. The van der Waals surface area contributed by atoms with Gasteiger partial charge in [-0.25, -0.2) is 4.98 Å². The Morgan fingerprint density at radius 3 is 2.26 bits per heavy atom. The second-order valence-corrected chi connectivity index (χ2v) is 5.77. The van der Waals surface area contributed by atoms with E-state index in [1.807, 2.05) is 52.0 Å². The number of carbonyl (C=O) groups excluding carboxylic acids is 2. The molecular formula is C18H21N3O2. The first-order chi connectivity index (χ1) is 10.9. The van der Waals surface area contributed by atoms with Crippen molar-refractivity contribution >= 4 is 23.3 Å². The fourth-order valence-corrected chi connectivity index (χ4v) is 2.29. The molecule has 0 saturated heterocycles. The van der Waals surface area contributed by atoms with Crippen molar-refractivity contribution in [3.63, 3.8) is 0 Å². The van der Waals surface area contributed by atoms with Crippen LogP contribution in [0.15, 0.2) is 36.5 Å². The average Bonchev–Trinajstić information content (AvgIpc) is 2.51. The Morgan fingerprint density at radius 1 is 0.957 bits per heavy atom. The average molecular weight is 311 g/mol. The fourth-order valence-electron chi connectivity index (χ4n) is 2.29. The van der Waals surface area contributed by atoms with Crippen LogP contribution in [0.1, 0.15) is 36.5 Å². The van der Waals surface area contributed by atoms with Gasteiger partial charge in [0.05, 0.1) is 0 Å². The minimum absolute atomic E-state index is 0.242. The zero-order valence-electron chi connectivity index (χ0n) is 13.8. The molecule has 2 aromatic rings. The van der Waals surface area contributed by atoms with Gasteiger partial charge >= 0.3 is 11.8 Å². The van der Waals surface area contributed by atoms with E-state index < -0.39 is 11.8 Å². The highest BCUT2D eigenvalue weighted by Gasteiger charge is 2.18. The predicted molar refractivity (Wildman–Crippen MR) is 91.5 cm³/mol. The first-order valence-electron chi connectivity index (χ1n) is 7.53. The van der Waals surface area contributed by atoms with E-state index in [9.17, 15) is 9.59 Å². The van der Waals surface area contributed by atoms with Gasteiger partial charge in [-0.15, -0.1) is 0 Å². The van der Waals surface area contributed by atoms with Gasteiger partial charge in [-0.2, -0.15) is 0 Å². The van der Waals surface area contributed by atoms with Crippen LogP contribution < -0.4 is 10.6 Å². The molecule has 1 aromatic heterocycles. The van der Waals surface area contributed by atoms with Gasteiger partial charge in [0.15, 0.2) is 0 Å². The Balaban J connectivity index is 2.17. The second-order valence-electron chi connectivity index (χ2n) is 5.77. The highest BCUT2D eigenvalue weighted by atomic mass is 16.2. The van der Waals surface area contributed by atoms with Gasteiger partial charge in [-0.1, -0.05) is 38.1 Å². The van der Waals surface area contributed by atoms with Crippen LogP contribution in [0.3, 0.4) is 0 Å². The second kappa shape index (κ2) is 7.05. The van der Waals surface area contributed by atoms with Crippen LogP contribution in [0.5, 0.6) is 0 Å². The molecule has 5 nitrogen and oxygen atoms in total. The molecule has 2 rings (SSSR count). The lowest BCUT2D eigenvalue weighted by Gasteiger charge is -2.16. The monoisotopic (exact) mass is 311 g/mol. The number of rotatable bonds is 3. The fraction of sp³-hybridized carbons (Fsp3) is 0.278. The lowest BCUT2D eigenvalue weighted by molar-refractivity contribution is -0.133. The Morgan fingerprint density at radius 2 is 1.61 bits per heavy atom. The molecule has 0 unspecified atom stereocenters. The van der Waals surface area contributed by atoms with Crippen molar-refractivity contribution < 1.29 is 9.59 Å². The van der Waals surface area contributed by atoms with Crippen LogP contribution in [-0.4, -0.2) is 16.8 Å². The van der Waals surface area contributed by atoms with Crippen LogP contribution in [0.25, 0.3) is 0 Å². The van der Waals surface area contributed by atoms with Crippen LogP contribution in [-0.2, 0) is 9.59 Å². The quantitative estimate of drug-likeness (QED) is 0.853. The van der Waals surface area contributed by atoms with Crippen molar-refractivity contribution in [1.29, 1.82) is 0 Å². The molecule has 2 N–H and O–H groups in total. The van der Waals surface area contributed by atoms with E-state index in [1.54, 1.807) is 12.3 Å². The number of nitrogens with one attached hydrogen (secondary N) is 2. The molecule has 5 heteroatoms. The maximum Gasteiger partial charge on any atom is 0.315 e. The van der Waals surface area contributed by atoms with Gasteiger partial charge in [0.25, 0.3) is 0 Å². The molecule has 0 aliphatic rings. The van der Waals surface area contributed by atoms with Crippen molar-refractivity contribution in [2.45, 2.75) is 33.6 Å². The maximum atomic E-state index is 12.2. The number of carbonyl (C=O) groups is 2. The third kappa shape index (κ3) is 3.94. The number of para-hydroxylation sites is 1. The number of aromatic nitrogens is 1. The number of pyridine rings is 1. The first kappa shape index (κ1) is 16.7. The number of amides is 2. The van der Waals surface area contributed by atoms with Gasteiger partial charge in [0.2, 0.25) is 0 Å². The van der Waals surface area contributed by atoms with E-state index in [-0.39, 0.29) is 5.92 Å². The number of hydrogen-bond donors (Lipinski definition) is 2. The highest BCUT2D eigenvalue weighted by Crippen LogP contribution is 2.27. The molecule has 0 radical (unpaired) electrons. The van der Waals surface area contributed by atoms with Crippen molar-refractivity contribution in [2.24, 2.45) is 0 Å². The number of aryl methyl sites for hydroxylation is 2. The SMILES string of the molecule is Cc1cccnc1NC(=O)C(=O)Nc1c(C)cccc1C(C)C. The molecule has 0 aliphatic carbocycles. The maximum absolute atomic E-state index is 12.2. The van der Waals surface area contributed by atoms with E-state index in [4.69, 9.17) is 0 Å². The molecule has 23 heavy (non-hydrogen) atoms. The summed E-state index contributed by atoms with van der Waals surface area (Å²) in [6.07, 6.45) is 1.57. The smallest absolute Gasteiger partial charge is 0.315 e. The van der Waals surface area contributed by atoms with Crippen LogP contribution in [0.2, 0.25) is 0 Å². The zero-order valence-corrected chi connectivity index (χ0v) is 13.8. The van der Waals surface area contributed by atoms with Crippen molar-refractivity contribution in [2.75, 3.05) is 10.6 Å². The number of benzene rings is 1. The summed E-state index contributed by atoms with van der Waals surface area (Å²) in [6.45, 7) is 7.81. The van der Waals surface area contributed by atoms with Crippen molar-refractivity contribution in [1.82, 2.24) is 4.98 Å². The summed E-state index contributed by atoms with van der Waals surface area (Å²) in [5.41, 5.74) is 3.42. The molecule has 0 aliphatic heterocycles. The number of anilines is 2. The largest absolute Gasteiger partial charge is 0.317 e. The minimum Gasteiger partial charge on any atom is -0.317 e. The third-order valence-corrected chi connectivity index (χ3v) is 3.61. The van der Waals surface area contributed by atoms with Crippen molar-refractivity contribution in [3.8, 4) is 0 Å². The molecule has 0 saturated carbocycles. The van der Waals surface area contributed by atoms with Gasteiger partial charge in [0, 0.05) is 11.9 Å². The Hall–Kier alpha value is -2.69. The highest BCUT2D eigenvalue weighted by molar-refractivity contribution is 6.43. The summed E-state index contributed by atoms with van der Waals surface area (Å²) in [5.74, 6) is -0.802. The van der Waals surface area contributed by atoms with E-state index in [2.05, 4.69) is 15.6 Å². The molecule has 0 bridgehead atoms. The lowest BCUT2D eigenvalue weighted by Crippen LogP contribution is -2.30. The van der Waals surface area contributed by atoms with Gasteiger partial charge in [-0.3, -0.25) is 9.59 Å². The van der Waals surface area contributed by atoms with E-state index in [1.165, 1.54) is 0 Å². The first-order valence-corrected chi connectivity index (χ1v) is 7.53. The summed E-state index contributed by atoms with van der Waals surface area (Å²) in [5, 5.41) is 5.26. The molecule has 0 fully saturated rings. The summed E-state index contributed by atoms with van der Waals surface area (Å²) in [4.78, 5) is 28.4. The summed E-state index contributed by atoms with van der Waals surface area (Å²) < 4.78 is 0. The molecule has 120 valence electrons. The number of nitrogens with zero attached hydrogens (tertiary/aromatic N) is 1. The van der Waals surface area contributed by atoms with Crippen molar-refractivity contribution in [3.05, 3.63) is 53.2 Å². The van der Waals surface area contributed by atoms with Crippen LogP contribution >= 0.6 is 0 Å². The Labute approximate surface area is 136 Å². The summed E-state index contributed by atoms with van der Waals surface area (Å²) >= 11 is 0. The van der Waals surface area contributed by atoms with Crippen LogP contribution in [0.4, 0.5) is 11.5 Å². The lowest BCUT2D eigenvalue weighted by atomic mass is 9.98. The molecular weight excluding hydrogens is 290 g/mol. The van der Waals surface area contributed by atoms with Gasteiger partial charge < -0.3 is 10.6 Å². The number of hydrogen-bond acceptors (Lipinski definition) is 3. The van der Waals surface area contributed by atoms with E-state index in [0.717, 1.165) is 16.7 Å². The molecule has 0 atom stereocenters. The molecule has 0 spiro atoms. The standard InChI is InChI=1S/C18H21N3O2/c1-11(2)14-9-5-7-12(3)15(14)20-17(22)18(23)21-16-13(4)8-6-10-19-16/h5-11H,1-4H3,(H,20,22)(H,19,21,23). The van der Waals surface area contributed by atoms with Crippen LogP contribution in [0, 0.1) is 13.8 Å². The molecule has 1 aromatic carbocycles. The zero-order chi connectivity index (χ0) is 17.0. The topological polar surface area (TPSA) is 71.1 Å². The van der Waals surface area contributed by atoms with Gasteiger partial charge in [-0.05, 0) is 42.5 Å². The summed E-state index contributed by atoms with van der Waals surface area (Å²) in [7, 11) is 0. The minimum atomic E-state index is -0.732. The molecule has 2 amide bonds. The van der Waals surface area contributed by atoms with E-state index in [0.29, 0.717) is 11.5 Å². The normalized spacial score (nSPS) is 10.5. The Kier molecular flexibility index (Phi) is 5.11. The Bertz CT molecular complexity index is 739. The summed E-state index contributed by atoms with van der Waals surface area (Å²) in [6, 6.07) is 9.39. The van der Waals surface area contributed by atoms with Gasteiger partial charge in [0.1, 0.15) is 5.82 Å². The predicted octanol–water partition coefficient (Wildman–Crippen LogP) is 3.40. The van der Waals surface area contributed by atoms with E-state index >= 15 is 0 Å². The molecule has 1 heterocycles.